The summed E-state index contributed by atoms with van der Waals surface area (Å²) in [6, 6.07) is 0. The van der Waals surface area contributed by atoms with Crippen LogP contribution in [0.25, 0.3) is 0 Å². The maximum Gasteiger partial charge on any atom is 0.211 e. The lowest BCUT2D eigenvalue weighted by Crippen LogP contribution is -2.40. The van der Waals surface area contributed by atoms with Gasteiger partial charge in [0.25, 0.3) is 0 Å². The van der Waals surface area contributed by atoms with E-state index in [1.54, 1.807) is 0 Å². The normalized spacial score (nSPS) is 32.1. The van der Waals surface area contributed by atoms with E-state index in [1.165, 1.54) is 10.6 Å². The number of alkyl halides is 1. The zero-order valence-electron chi connectivity index (χ0n) is 12.4. The zero-order valence-corrected chi connectivity index (χ0v) is 14.8. The van der Waals surface area contributed by atoms with E-state index in [9.17, 15) is 16.8 Å². The van der Waals surface area contributed by atoms with Gasteiger partial charge in [-0.05, 0) is 43.4 Å². The minimum absolute atomic E-state index is 0.140. The number of sulfonamides is 1. The largest absolute Gasteiger partial charge is 0.229 e. The molecule has 3 unspecified atom stereocenters. The van der Waals surface area contributed by atoms with Crippen molar-refractivity contribution in [3.8, 4) is 0 Å². The molecular weight excluding hydrogens is 334 g/mol. The molecule has 124 valence electrons. The highest BCUT2D eigenvalue weighted by atomic mass is 35.5. The Morgan fingerprint density at radius 3 is 2.57 bits per heavy atom. The van der Waals surface area contributed by atoms with E-state index in [0.29, 0.717) is 31.3 Å². The number of halogens is 1. The maximum atomic E-state index is 11.6. The molecule has 0 aromatic rings. The van der Waals surface area contributed by atoms with Gasteiger partial charge in [0.05, 0.1) is 17.8 Å². The van der Waals surface area contributed by atoms with Crippen molar-refractivity contribution in [2.24, 2.45) is 17.8 Å². The number of piperidine rings is 1. The van der Waals surface area contributed by atoms with Crippen LogP contribution in [0.3, 0.4) is 0 Å². The van der Waals surface area contributed by atoms with Gasteiger partial charge in [-0.25, -0.2) is 21.1 Å². The van der Waals surface area contributed by atoms with Crippen molar-refractivity contribution >= 4 is 31.5 Å². The van der Waals surface area contributed by atoms with Crippen molar-refractivity contribution in [2.45, 2.75) is 25.7 Å². The second kappa shape index (κ2) is 6.72. The highest BCUT2D eigenvalue weighted by molar-refractivity contribution is 7.91. The molecular formula is C13H24ClNO4S2. The van der Waals surface area contributed by atoms with Crippen LogP contribution in [0, 0.1) is 17.8 Å². The molecule has 0 saturated carbocycles. The summed E-state index contributed by atoms with van der Waals surface area (Å²) in [4.78, 5) is 0. The third kappa shape index (κ3) is 4.81. The van der Waals surface area contributed by atoms with Crippen molar-refractivity contribution in [1.82, 2.24) is 4.31 Å². The van der Waals surface area contributed by atoms with Crippen molar-refractivity contribution in [1.29, 1.82) is 0 Å². The average molecular weight is 358 g/mol. The summed E-state index contributed by atoms with van der Waals surface area (Å²) in [6.45, 7) is 1.14. The SMILES string of the molecule is CS(=O)(=O)N1CCCC(CC(CCl)C2CCS(=O)(=O)C2)C1. The number of hydrogen-bond acceptors (Lipinski definition) is 4. The third-order valence-corrected chi connectivity index (χ3v) is 8.18. The van der Waals surface area contributed by atoms with Gasteiger partial charge in [0, 0.05) is 19.0 Å². The monoisotopic (exact) mass is 357 g/mol. The molecule has 8 heteroatoms. The Kier molecular flexibility index (Phi) is 5.60. The first-order valence-corrected chi connectivity index (χ1v) is 11.6. The molecule has 2 heterocycles. The van der Waals surface area contributed by atoms with E-state index in [4.69, 9.17) is 11.6 Å². The van der Waals surface area contributed by atoms with Gasteiger partial charge in [-0.15, -0.1) is 11.6 Å². The second-order valence-corrected chi connectivity index (χ2v) is 11.0. The fraction of sp³-hybridized carbons (Fsp3) is 1.00. The summed E-state index contributed by atoms with van der Waals surface area (Å²) in [7, 11) is -6.02. The van der Waals surface area contributed by atoms with Crippen molar-refractivity contribution < 1.29 is 16.8 Å². The molecule has 2 saturated heterocycles. The Morgan fingerprint density at radius 2 is 2.05 bits per heavy atom. The van der Waals surface area contributed by atoms with Gasteiger partial charge in [0.1, 0.15) is 0 Å². The van der Waals surface area contributed by atoms with Crippen molar-refractivity contribution in [3.63, 3.8) is 0 Å². The molecule has 0 aromatic heterocycles. The molecule has 0 aromatic carbocycles. The summed E-state index contributed by atoms with van der Waals surface area (Å²) in [6.07, 6.45) is 4.64. The topological polar surface area (TPSA) is 71.5 Å². The second-order valence-electron chi connectivity index (χ2n) is 6.44. The molecule has 0 bridgehead atoms. The molecule has 0 aliphatic carbocycles. The predicted octanol–water partition coefficient (Wildman–Crippen LogP) is 1.34. The van der Waals surface area contributed by atoms with Crippen LogP contribution in [-0.2, 0) is 19.9 Å². The van der Waals surface area contributed by atoms with Crippen LogP contribution in [0.5, 0.6) is 0 Å². The summed E-state index contributed by atoms with van der Waals surface area (Å²) in [5.41, 5.74) is 0. The van der Waals surface area contributed by atoms with Gasteiger partial charge < -0.3 is 0 Å². The molecule has 5 nitrogen and oxygen atoms in total. The van der Waals surface area contributed by atoms with E-state index >= 15 is 0 Å². The Balaban J connectivity index is 1.96. The molecule has 0 radical (unpaired) electrons. The van der Waals surface area contributed by atoms with Crippen molar-refractivity contribution in [3.05, 3.63) is 0 Å². The van der Waals surface area contributed by atoms with E-state index < -0.39 is 19.9 Å². The van der Waals surface area contributed by atoms with Gasteiger partial charge in [-0.3, -0.25) is 0 Å². The van der Waals surface area contributed by atoms with Crippen LogP contribution < -0.4 is 0 Å². The predicted molar refractivity (Wildman–Crippen MR) is 84.7 cm³/mol. The molecule has 3 atom stereocenters. The Labute approximate surface area is 133 Å². The lowest BCUT2D eigenvalue weighted by molar-refractivity contribution is 0.215. The van der Waals surface area contributed by atoms with Crippen LogP contribution in [0.15, 0.2) is 0 Å². The highest BCUT2D eigenvalue weighted by Gasteiger charge is 2.35. The molecule has 2 aliphatic rings. The number of rotatable bonds is 5. The highest BCUT2D eigenvalue weighted by Crippen LogP contribution is 2.34. The first-order valence-electron chi connectivity index (χ1n) is 7.43. The Morgan fingerprint density at radius 1 is 1.33 bits per heavy atom. The van der Waals surface area contributed by atoms with Crippen LogP contribution in [0.2, 0.25) is 0 Å². The molecule has 21 heavy (non-hydrogen) atoms. The Bertz CT molecular complexity index is 561. The van der Waals surface area contributed by atoms with E-state index in [2.05, 4.69) is 0 Å². The Hall–Kier alpha value is 0.150. The summed E-state index contributed by atoms with van der Waals surface area (Å²) >= 11 is 6.06. The van der Waals surface area contributed by atoms with Crippen LogP contribution in [0.1, 0.15) is 25.7 Å². The van der Waals surface area contributed by atoms with Crippen molar-refractivity contribution in [2.75, 3.05) is 36.7 Å². The maximum absolute atomic E-state index is 11.6. The van der Waals surface area contributed by atoms with E-state index in [-0.39, 0.29) is 23.3 Å². The van der Waals surface area contributed by atoms with Gasteiger partial charge in [0.15, 0.2) is 9.84 Å². The number of nitrogens with zero attached hydrogens (tertiary/aromatic N) is 1. The van der Waals surface area contributed by atoms with Gasteiger partial charge >= 0.3 is 0 Å². The standard InChI is InChI=1S/C13H24ClNO4S2/c1-20(16,17)15-5-2-3-11(9-15)7-13(8-14)12-4-6-21(18,19)10-12/h11-13H,2-10H2,1H3. The molecule has 0 amide bonds. The van der Waals surface area contributed by atoms with Crippen LogP contribution in [-0.4, -0.2) is 57.9 Å². The molecule has 2 aliphatic heterocycles. The molecule has 0 N–H and O–H groups in total. The smallest absolute Gasteiger partial charge is 0.211 e. The summed E-state index contributed by atoms with van der Waals surface area (Å²) in [5, 5.41) is 0. The van der Waals surface area contributed by atoms with Gasteiger partial charge in [0.2, 0.25) is 10.0 Å². The minimum atomic E-state index is -3.13. The third-order valence-electron chi connectivity index (χ3n) is 4.72. The van der Waals surface area contributed by atoms with E-state index in [0.717, 1.165) is 19.3 Å². The minimum Gasteiger partial charge on any atom is -0.229 e. The molecule has 0 spiro atoms. The van der Waals surface area contributed by atoms with Gasteiger partial charge in [-0.1, -0.05) is 0 Å². The first-order chi connectivity index (χ1) is 9.71. The number of sulfone groups is 1. The zero-order chi connectivity index (χ0) is 15.7. The molecule has 2 rings (SSSR count). The lowest BCUT2D eigenvalue weighted by atomic mass is 9.82. The first kappa shape index (κ1) is 17.5. The summed E-state index contributed by atoms with van der Waals surface area (Å²) < 4.78 is 48.1. The van der Waals surface area contributed by atoms with Crippen LogP contribution in [0.4, 0.5) is 0 Å². The fourth-order valence-corrected chi connectivity index (χ4v) is 6.77. The lowest BCUT2D eigenvalue weighted by Gasteiger charge is -2.33. The fourth-order valence-electron chi connectivity index (χ4n) is 3.53. The average Bonchev–Trinajstić information content (AvgIpc) is 2.75. The number of hydrogen-bond donors (Lipinski definition) is 0. The van der Waals surface area contributed by atoms with E-state index in [1.807, 2.05) is 0 Å². The summed E-state index contributed by atoms with van der Waals surface area (Å²) in [5.74, 6) is 1.57. The van der Waals surface area contributed by atoms with Crippen LogP contribution >= 0.6 is 11.6 Å². The van der Waals surface area contributed by atoms with Gasteiger partial charge in [-0.2, -0.15) is 0 Å². The quantitative estimate of drug-likeness (QED) is 0.696. The molecule has 2 fully saturated rings.